The highest BCUT2D eigenvalue weighted by atomic mass is 32.2. The summed E-state index contributed by atoms with van der Waals surface area (Å²) in [5.41, 5.74) is 0.540. The lowest BCUT2D eigenvalue weighted by Gasteiger charge is -2.40. The molecule has 3 rings (SSSR count). The lowest BCUT2D eigenvalue weighted by Crippen LogP contribution is -2.44. The Balaban J connectivity index is 1.42. The molecule has 90 valence electrons. The Labute approximate surface area is 103 Å². The van der Waals surface area contributed by atoms with Crippen LogP contribution in [0.25, 0.3) is 0 Å². The number of hydrogen-bond donors (Lipinski definition) is 0. The van der Waals surface area contributed by atoms with Gasteiger partial charge in [0.1, 0.15) is 0 Å². The zero-order chi connectivity index (χ0) is 11.0. The van der Waals surface area contributed by atoms with Crippen LogP contribution in [0.4, 0.5) is 0 Å². The van der Waals surface area contributed by atoms with Gasteiger partial charge in [0, 0.05) is 11.2 Å². The van der Waals surface area contributed by atoms with Crippen LogP contribution < -0.4 is 0 Å². The molecule has 2 bridgehead atoms. The average molecular weight is 238 g/mol. The van der Waals surface area contributed by atoms with Crippen molar-refractivity contribution in [2.45, 2.75) is 26.2 Å². The third kappa shape index (κ3) is 1.95. The molecule has 1 saturated carbocycles. The van der Waals surface area contributed by atoms with Crippen LogP contribution in [0.3, 0.4) is 0 Å². The van der Waals surface area contributed by atoms with E-state index >= 15 is 0 Å². The number of fused-ring (bicyclic) bond motifs is 2. The molecule has 3 aliphatic rings. The second-order valence-corrected chi connectivity index (χ2v) is 6.93. The molecule has 0 aromatic rings. The first-order valence-electron chi connectivity index (χ1n) is 6.65. The zero-order valence-electron chi connectivity index (χ0n) is 10.2. The molecule has 1 heterocycles. The third-order valence-electron chi connectivity index (χ3n) is 4.72. The van der Waals surface area contributed by atoms with E-state index in [0.29, 0.717) is 5.41 Å². The van der Waals surface area contributed by atoms with E-state index < -0.39 is 0 Å². The van der Waals surface area contributed by atoms with Crippen LogP contribution in [-0.4, -0.2) is 24.7 Å². The van der Waals surface area contributed by atoms with Crippen molar-refractivity contribution in [2.24, 2.45) is 23.2 Å². The molecule has 0 aromatic carbocycles. The molecule has 16 heavy (non-hydrogen) atoms. The molecule has 0 spiro atoms. The molecular formula is C14H22OS. The monoisotopic (exact) mass is 238 g/mol. The van der Waals surface area contributed by atoms with Gasteiger partial charge < -0.3 is 4.74 Å². The van der Waals surface area contributed by atoms with Gasteiger partial charge in [-0.3, -0.25) is 0 Å². The Morgan fingerprint density at radius 2 is 2.19 bits per heavy atom. The van der Waals surface area contributed by atoms with Crippen LogP contribution >= 0.6 is 11.8 Å². The molecule has 1 nitrogen and oxygen atoms in total. The van der Waals surface area contributed by atoms with E-state index in [9.17, 15) is 0 Å². The van der Waals surface area contributed by atoms with Gasteiger partial charge in [0.25, 0.3) is 0 Å². The first-order valence-corrected chi connectivity index (χ1v) is 7.81. The summed E-state index contributed by atoms with van der Waals surface area (Å²) in [5.74, 6) is 5.54. The van der Waals surface area contributed by atoms with Crippen LogP contribution in [0, 0.1) is 23.2 Å². The molecule has 0 radical (unpaired) electrons. The maximum atomic E-state index is 5.38. The lowest BCUT2D eigenvalue weighted by molar-refractivity contribution is -0.0994. The number of thioether (sulfide) groups is 1. The van der Waals surface area contributed by atoms with E-state index in [1.54, 1.807) is 0 Å². The molecule has 2 aliphatic carbocycles. The van der Waals surface area contributed by atoms with Crippen LogP contribution in [0.1, 0.15) is 26.2 Å². The van der Waals surface area contributed by atoms with Crippen LogP contribution in [0.5, 0.6) is 0 Å². The van der Waals surface area contributed by atoms with Gasteiger partial charge >= 0.3 is 0 Å². The maximum absolute atomic E-state index is 5.38. The van der Waals surface area contributed by atoms with E-state index in [1.807, 2.05) is 0 Å². The highest BCUT2D eigenvalue weighted by Crippen LogP contribution is 2.45. The summed E-state index contributed by atoms with van der Waals surface area (Å²) in [6, 6.07) is 0. The highest BCUT2D eigenvalue weighted by molar-refractivity contribution is 7.99. The molecule has 1 aliphatic heterocycles. The maximum Gasteiger partial charge on any atom is 0.0552 e. The molecule has 2 heteroatoms. The minimum atomic E-state index is 0.540. The normalized spacial score (nSPS) is 38.9. The Hall–Kier alpha value is 0.0500. The molecule has 0 aromatic heterocycles. The van der Waals surface area contributed by atoms with E-state index in [2.05, 4.69) is 30.8 Å². The van der Waals surface area contributed by atoms with E-state index in [0.717, 1.165) is 31.0 Å². The summed E-state index contributed by atoms with van der Waals surface area (Å²) < 4.78 is 5.38. The third-order valence-corrected chi connectivity index (χ3v) is 6.20. The standard InChI is InChI=1S/C14H22OS/c1-2-14(8-15-9-14)10-16-7-13-6-11-3-4-12(13)5-11/h3-4,11-13H,2,5-10H2,1H3. The van der Waals surface area contributed by atoms with E-state index in [4.69, 9.17) is 4.74 Å². The second kappa shape index (κ2) is 4.38. The van der Waals surface area contributed by atoms with Crippen LogP contribution in [-0.2, 0) is 4.74 Å². The van der Waals surface area contributed by atoms with Crippen molar-refractivity contribution < 1.29 is 4.74 Å². The van der Waals surface area contributed by atoms with Gasteiger partial charge in [-0.25, -0.2) is 0 Å². The summed E-state index contributed by atoms with van der Waals surface area (Å²) in [6.07, 6.45) is 9.12. The highest BCUT2D eigenvalue weighted by Gasteiger charge is 2.38. The fourth-order valence-corrected chi connectivity index (χ4v) is 4.90. The molecule has 3 unspecified atom stereocenters. The van der Waals surface area contributed by atoms with Crippen LogP contribution in [0.15, 0.2) is 12.2 Å². The fraction of sp³-hybridized carbons (Fsp3) is 0.857. The minimum absolute atomic E-state index is 0.540. The molecule has 1 saturated heterocycles. The van der Waals surface area contributed by atoms with Gasteiger partial charge in [-0.05, 0) is 42.8 Å². The quantitative estimate of drug-likeness (QED) is 0.679. The molecular weight excluding hydrogens is 216 g/mol. The van der Waals surface area contributed by atoms with Crippen molar-refractivity contribution in [3.63, 3.8) is 0 Å². The Kier molecular flexibility index (Phi) is 3.05. The summed E-state index contributed by atoms with van der Waals surface area (Å²) in [5, 5.41) is 0. The van der Waals surface area contributed by atoms with Gasteiger partial charge in [0.15, 0.2) is 0 Å². The largest absolute Gasteiger partial charge is 0.380 e. The van der Waals surface area contributed by atoms with Gasteiger partial charge in [0.2, 0.25) is 0 Å². The van der Waals surface area contributed by atoms with Gasteiger partial charge in [-0.1, -0.05) is 19.1 Å². The molecule has 2 fully saturated rings. The summed E-state index contributed by atoms with van der Waals surface area (Å²) >= 11 is 2.18. The predicted molar refractivity (Wildman–Crippen MR) is 69.7 cm³/mol. The number of ether oxygens (including phenoxy) is 1. The number of allylic oxidation sites excluding steroid dienone is 2. The van der Waals surface area contributed by atoms with Crippen molar-refractivity contribution in [2.75, 3.05) is 24.7 Å². The number of rotatable bonds is 5. The first-order chi connectivity index (χ1) is 7.81. The molecule has 0 N–H and O–H groups in total. The zero-order valence-corrected chi connectivity index (χ0v) is 11.0. The van der Waals surface area contributed by atoms with E-state index in [1.165, 1.54) is 30.8 Å². The molecule has 3 atom stereocenters. The van der Waals surface area contributed by atoms with Crippen molar-refractivity contribution in [1.29, 1.82) is 0 Å². The minimum Gasteiger partial charge on any atom is -0.380 e. The fourth-order valence-electron chi connectivity index (χ4n) is 3.29. The van der Waals surface area contributed by atoms with E-state index in [-0.39, 0.29) is 0 Å². The van der Waals surface area contributed by atoms with Gasteiger partial charge in [-0.15, -0.1) is 0 Å². The average Bonchev–Trinajstić information content (AvgIpc) is 2.83. The van der Waals surface area contributed by atoms with Crippen molar-refractivity contribution in [1.82, 2.24) is 0 Å². The SMILES string of the molecule is CCC1(CSCC2CC3C=CC2C3)COC1. The Bertz CT molecular complexity index is 277. The summed E-state index contributed by atoms with van der Waals surface area (Å²) in [7, 11) is 0. The summed E-state index contributed by atoms with van der Waals surface area (Å²) in [4.78, 5) is 0. The lowest BCUT2D eigenvalue weighted by atomic mass is 9.86. The van der Waals surface area contributed by atoms with Crippen LogP contribution in [0.2, 0.25) is 0 Å². The van der Waals surface area contributed by atoms with Gasteiger partial charge in [-0.2, -0.15) is 11.8 Å². The summed E-state index contributed by atoms with van der Waals surface area (Å²) in [6.45, 7) is 4.32. The van der Waals surface area contributed by atoms with Gasteiger partial charge in [0.05, 0.1) is 13.2 Å². The topological polar surface area (TPSA) is 9.23 Å². The first kappa shape index (κ1) is 11.2. The van der Waals surface area contributed by atoms with Crippen molar-refractivity contribution in [3.05, 3.63) is 12.2 Å². The number of hydrogen-bond acceptors (Lipinski definition) is 2. The van der Waals surface area contributed by atoms with Crippen molar-refractivity contribution >= 4 is 11.8 Å². The Morgan fingerprint density at radius 1 is 1.31 bits per heavy atom. The molecule has 0 amide bonds. The smallest absolute Gasteiger partial charge is 0.0552 e. The van der Waals surface area contributed by atoms with Crippen molar-refractivity contribution in [3.8, 4) is 0 Å². The second-order valence-electron chi connectivity index (χ2n) is 5.90. The Morgan fingerprint density at radius 3 is 2.69 bits per heavy atom. The predicted octanol–water partition coefficient (Wildman–Crippen LogP) is 3.36.